The van der Waals surface area contributed by atoms with Crippen LogP contribution in [0.1, 0.15) is 5.76 Å². The Morgan fingerprint density at radius 1 is 1.29 bits per heavy atom. The van der Waals surface area contributed by atoms with Gasteiger partial charge < -0.3 is 9.32 Å². The van der Waals surface area contributed by atoms with Crippen molar-refractivity contribution in [1.82, 2.24) is 0 Å². The number of anilines is 1. The molecule has 0 radical (unpaired) electrons. The number of halogens is 3. The fraction of sp³-hybridized carbons (Fsp3) is 0.231. The Labute approximate surface area is 134 Å². The van der Waals surface area contributed by atoms with Gasteiger partial charge in [-0.3, -0.25) is 10.1 Å². The maximum absolute atomic E-state index is 12.6. The Hall–Kier alpha value is -2.56. The normalized spacial score (nSPS) is 12.2. The molecule has 1 heterocycles. The van der Waals surface area contributed by atoms with E-state index in [1.165, 1.54) is 18.2 Å². The average Bonchev–Trinajstić information content (AvgIpc) is 2.98. The SMILES string of the molecule is CN(Cc1ccco1)c1ccc(S(=O)(=O)C(F)(F)F)cc1[N+](=O)[O-]. The number of sulfone groups is 1. The molecule has 130 valence electrons. The van der Waals surface area contributed by atoms with E-state index in [0.29, 0.717) is 17.9 Å². The van der Waals surface area contributed by atoms with E-state index in [0.717, 1.165) is 6.07 Å². The second-order valence-electron chi connectivity index (χ2n) is 4.79. The second-order valence-corrected chi connectivity index (χ2v) is 6.73. The van der Waals surface area contributed by atoms with E-state index in [9.17, 15) is 31.7 Å². The molecule has 1 aromatic carbocycles. The first-order chi connectivity index (χ1) is 11.0. The number of hydrogen-bond acceptors (Lipinski definition) is 6. The van der Waals surface area contributed by atoms with Gasteiger partial charge in [-0.1, -0.05) is 0 Å². The van der Waals surface area contributed by atoms with Gasteiger partial charge in [-0.05, 0) is 24.3 Å². The summed E-state index contributed by atoms with van der Waals surface area (Å²) in [7, 11) is -4.21. The molecule has 0 aliphatic rings. The molecule has 0 unspecified atom stereocenters. The highest BCUT2D eigenvalue weighted by Crippen LogP contribution is 2.36. The highest BCUT2D eigenvalue weighted by atomic mass is 32.2. The molecule has 0 amide bonds. The van der Waals surface area contributed by atoms with Crippen LogP contribution in [-0.2, 0) is 16.4 Å². The summed E-state index contributed by atoms with van der Waals surface area (Å²) in [6.45, 7) is 0.110. The molecule has 0 bridgehead atoms. The third-order valence-electron chi connectivity index (χ3n) is 3.14. The number of rotatable bonds is 5. The topological polar surface area (TPSA) is 93.7 Å². The van der Waals surface area contributed by atoms with Gasteiger partial charge in [-0.25, -0.2) is 8.42 Å². The van der Waals surface area contributed by atoms with Gasteiger partial charge in [-0.15, -0.1) is 0 Å². The lowest BCUT2D eigenvalue weighted by Gasteiger charge is -2.18. The molecule has 7 nitrogen and oxygen atoms in total. The number of nitro groups is 1. The van der Waals surface area contributed by atoms with Crippen LogP contribution < -0.4 is 4.90 Å². The zero-order chi connectivity index (χ0) is 18.1. The first-order valence-corrected chi connectivity index (χ1v) is 7.85. The Kier molecular flexibility index (Phi) is 4.56. The van der Waals surface area contributed by atoms with Crippen molar-refractivity contribution in [2.24, 2.45) is 0 Å². The molecule has 0 N–H and O–H groups in total. The lowest BCUT2D eigenvalue weighted by Crippen LogP contribution is -2.24. The van der Waals surface area contributed by atoms with E-state index in [4.69, 9.17) is 4.42 Å². The number of nitrogens with zero attached hydrogens (tertiary/aromatic N) is 2. The number of hydrogen-bond donors (Lipinski definition) is 0. The van der Waals surface area contributed by atoms with Crippen LogP contribution in [0, 0.1) is 10.1 Å². The number of nitro benzene ring substituents is 1. The molecular weight excluding hydrogens is 353 g/mol. The molecule has 0 fully saturated rings. The minimum Gasteiger partial charge on any atom is -0.467 e. The molecule has 11 heteroatoms. The molecule has 0 aliphatic carbocycles. The summed E-state index contributed by atoms with van der Waals surface area (Å²) in [6.07, 6.45) is 1.40. The van der Waals surface area contributed by atoms with Crippen LogP contribution >= 0.6 is 0 Å². The van der Waals surface area contributed by atoms with E-state index in [-0.39, 0.29) is 12.2 Å². The van der Waals surface area contributed by atoms with Crippen molar-refractivity contribution in [3.05, 3.63) is 52.5 Å². The summed E-state index contributed by atoms with van der Waals surface area (Å²) in [6, 6.07) is 5.27. The van der Waals surface area contributed by atoms with Crippen molar-refractivity contribution in [3.8, 4) is 0 Å². The predicted molar refractivity (Wildman–Crippen MR) is 77.2 cm³/mol. The third-order valence-corrected chi connectivity index (χ3v) is 4.63. The van der Waals surface area contributed by atoms with Gasteiger partial charge >= 0.3 is 5.51 Å². The van der Waals surface area contributed by atoms with Gasteiger partial charge in [0.1, 0.15) is 11.4 Å². The predicted octanol–water partition coefficient (Wildman–Crippen LogP) is 3.12. The first-order valence-electron chi connectivity index (χ1n) is 6.37. The maximum Gasteiger partial charge on any atom is 0.501 e. The van der Waals surface area contributed by atoms with Crippen molar-refractivity contribution in [1.29, 1.82) is 0 Å². The Morgan fingerprint density at radius 3 is 2.46 bits per heavy atom. The Bertz CT molecular complexity index is 847. The van der Waals surface area contributed by atoms with Crippen LogP contribution in [0.3, 0.4) is 0 Å². The summed E-state index contributed by atoms with van der Waals surface area (Å²) < 4.78 is 65.6. The van der Waals surface area contributed by atoms with Gasteiger partial charge in [0.2, 0.25) is 0 Å². The van der Waals surface area contributed by atoms with Crippen molar-refractivity contribution in [2.45, 2.75) is 16.9 Å². The molecule has 0 saturated carbocycles. The summed E-state index contributed by atoms with van der Waals surface area (Å²) in [5, 5.41) is 11.1. The molecular formula is C13H11F3N2O5S. The lowest BCUT2D eigenvalue weighted by atomic mass is 10.2. The van der Waals surface area contributed by atoms with Gasteiger partial charge in [0.15, 0.2) is 0 Å². The van der Waals surface area contributed by atoms with E-state index in [1.807, 2.05) is 0 Å². The molecule has 1 aromatic heterocycles. The van der Waals surface area contributed by atoms with Gasteiger partial charge in [-0.2, -0.15) is 13.2 Å². The third kappa shape index (κ3) is 3.35. The van der Waals surface area contributed by atoms with Gasteiger partial charge in [0.25, 0.3) is 15.5 Å². The monoisotopic (exact) mass is 364 g/mol. The highest BCUT2D eigenvalue weighted by molar-refractivity contribution is 7.92. The van der Waals surface area contributed by atoms with Crippen molar-refractivity contribution in [2.75, 3.05) is 11.9 Å². The molecule has 2 aromatic rings. The first kappa shape index (κ1) is 17.8. The van der Waals surface area contributed by atoms with Crippen LogP contribution in [0.5, 0.6) is 0 Å². The highest BCUT2D eigenvalue weighted by Gasteiger charge is 2.47. The molecule has 0 atom stereocenters. The Morgan fingerprint density at radius 2 is 1.96 bits per heavy atom. The fourth-order valence-electron chi connectivity index (χ4n) is 1.99. The fourth-order valence-corrected chi connectivity index (χ4v) is 2.78. The number of furan rings is 1. The molecule has 0 aliphatic heterocycles. The lowest BCUT2D eigenvalue weighted by molar-refractivity contribution is -0.384. The second kappa shape index (κ2) is 6.15. The zero-order valence-corrected chi connectivity index (χ0v) is 13.0. The van der Waals surface area contributed by atoms with Gasteiger partial charge in [0, 0.05) is 13.1 Å². The standard InChI is InChI=1S/C13H11F3N2O5S/c1-17(8-9-3-2-6-23-9)11-5-4-10(7-12(11)18(19)20)24(21,22)13(14,15)16/h2-7H,8H2,1H3. The molecule has 0 saturated heterocycles. The summed E-state index contributed by atoms with van der Waals surface area (Å²) in [5.41, 5.74) is -6.34. The summed E-state index contributed by atoms with van der Waals surface area (Å²) in [4.78, 5) is 10.4. The largest absolute Gasteiger partial charge is 0.501 e. The number of benzene rings is 1. The minimum absolute atomic E-state index is 0.0440. The quantitative estimate of drug-likeness (QED) is 0.598. The van der Waals surface area contributed by atoms with Crippen molar-refractivity contribution in [3.63, 3.8) is 0 Å². The van der Waals surface area contributed by atoms with Crippen LogP contribution in [-0.4, -0.2) is 25.9 Å². The van der Waals surface area contributed by atoms with E-state index in [2.05, 4.69) is 0 Å². The van der Waals surface area contributed by atoms with E-state index < -0.39 is 30.9 Å². The zero-order valence-electron chi connectivity index (χ0n) is 12.1. The smallest absolute Gasteiger partial charge is 0.467 e. The average molecular weight is 364 g/mol. The van der Waals surface area contributed by atoms with E-state index in [1.54, 1.807) is 12.1 Å². The minimum atomic E-state index is -5.67. The van der Waals surface area contributed by atoms with Crippen LogP contribution in [0.15, 0.2) is 45.9 Å². The molecule has 2 rings (SSSR count). The summed E-state index contributed by atoms with van der Waals surface area (Å²) >= 11 is 0. The van der Waals surface area contributed by atoms with Crippen LogP contribution in [0.2, 0.25) is 0 Å². The maximum atomic E-state index is 12.6. The van der Waals surface area contributed by atoms with Crippen LogP contribution in [0.4, 0.5) is 24.5 Å². The number of alkyl halides is 3. The Balaban J connectivity index is 2.46. The molecule has 24 heavy (non-hydrogen) atoms. The van der Waals surface area contributed by atoms with Crippen molar-refractivity contribution >= 4 is 21.2 Å². The summed E-state index contributed by atoms with van der Waals surface area (Å²) in [5.74, 6) is 0.471. The van der Waals surface area contributed by atoms with Crippen molar-refractivity contribution < 1.29 is 30.9 Å². The van der Waals surface area contributed by atoms with Crippen LogP contribution in [0.25, 0.3) is 0 Å². The van der Waals surface area contributed by atoms with E-state index >= 15 is 0 Å². The molecule has 0 spiro atoms. The van der Waals surface area contributed by atoms with Gasteiger partial charge in [0.05, 0.1) is 22.6 Å².